The topological polar surface area (TPSA) is 257 Å². The highest BCUT2D eigenvalue weighted by molar-refractivity contribution is 5.95. The van der Waals surface area contributed by atoms with Gasteiger partial charge >= 0.3 is 5.97 Å². The molecule has 0 radical (unpaired) electrons. The Morgan fingerprint density at radius 3 is 1.87 bits per heavy atom. The predicted molar refractivity (Wildman–Crippen MR) is 101 cm³/mol. The van der Waals surface area contributed by atoms with Crippen molar-refractivity contribution in [3.63, 3.8) is 0 Å². The van der Waals surface area contributed by atoms with Crippen molar-refractivity contribution in [3.05, 3.63) is 0 Å². The molecule has 170 valence electrons. The number of hydrogen-bond acceptors (Lipinski definition) is 8. The molecule has 0 bridgehead atoms. The van der Waals surface area contributed by atoms with Crippen LogP contribution in [0.4, 0.5) is 0 Å². The molecule has 5 amide bonds. The number of carbonyl (C=O) groups is 6. The number of nitrogens with two attached hydrogens (primary N) is 3. The van der Waals surface area contributed by atoms with Gasteiger partial charge in [0, 0.05) is 6.42 Å². The number of rotatable bonds is 13. The van der Waals surface area contributed by atoms with Crippen LogP contribution in [-0.4, -0.2) is 76.0 Å². The van der Waals surface area contributed by atoms with E-state index in [4.69, 9.17) is 22.3 Å². The van der Waals surface area contributed by atoms with Crippen LogP contribution in [0.3, 0.4) is 0 Å². The normalized spacial score (nSPS) is 15.6. The molecular weight excluding hydrogens is 404 g/mol. The SMILES string of the molecule is CC(NC(=O)C(N)CCC(N)=O)C(=O)NC(C(=O)NC(CC(N)=O)C(=O)O)C(C)O. The second kappa shape index (κ2) is 12.3. The molecule has 0 aromatic carbocycles. The van der Waals surface area contributed by atoms with E-state index in [-0.39, 0.29) is 12.8 Å². The number of aliphatic hydroxyl groups is 1. The standard InChI is InChI=1S/C16H28N6O8/c1-6(20-14(27)8(17)3-4-10(18)24)13(26)22-12(7(2)23)15(28)21-9(16(29)30)5-11(19)25/h6-9,12,23H,3-5,17H2,1-2H3,(H2,18,24)(H2,19,25)(H,20,27)(H,21,28)(H,22,26)(H,29,30). The molecule has 5 atom stereocenters. The summed E-state index contributed by atoms with van der Waals surface area (Å²) in [5.41, 5.74) is 15.5. The summed E-state index contributed by atoms with van der Waals surface area (Å²) in [5, 5.41) is 25.2. The van der Waals surface area contributed by atoms with Crippen molar-refractivity contribution < 1.29 is 39.0 Å². The summed E-state index contributed by atoms with van der Waals surface area (Å²) in [6.45, 7) is 2.44. The second-order valence-corrected chi connectivity index (χ2v) is 6.64. The van der Waals surface area contributed by atoms with Gasteiger partial charge < -0.3 is 43.4 Å². The minimum Gasteiger partial charge on any atom is -0.480 e. The first kappa shape index (κ1) is 26.7. The second-order valence-electron chi connectivity index (χ2n) is 6.64. The fourth-order valence-corrected chi connectivity index (χ4v) is 2.16. The van der Waals surface area contributed by atoms with E-state index >= 15 is 0 Å². The van der Waals surface area contributed by atoms with Crippen LogP contribution in [0.5, 0.6) is 0 Å². The minimum absolute atomic E-state index is 0.0371. The molecule has 0 aliphatic heterocycles. The first-order valence-corrected chi connectivity index (χ1v) is 8.90. The van der Waals surface area contributed by atoms with Crippen molar-refractivity contribution in [2.45, 2.75) is 63.4 Å². The van der Waals surface area contributed by atoms with Gasteiger partial charge in [-0.3, -0.25) is 24.0 Å². The lowest BCUT2D eigenvalue weighted by Crippen LogP contribution is -2.59. The fourth-order valence-electron chi connectivity index (χ4n) is 2.16. The molecule has 0 heterocycles. The van der Waals surface area contributed by atoms with E-state index in [9.17, 15) is 33.9 Å². The quantitative estimate of drug-likeness (QED) is 0.139. The van der Waals surface area contributed by atoms with E-state index in [0.29, 0.717) is 0 Å². The summed E-state index contributed by atoms with van der Waals surface area (Å²) in [6.07, 6.45) is -2.31. The van der Waals surface area contributed by atoms with Gasteiger partial charge in [-0.1, -0.05) is 0 Å². The Bertz CT molecular complexity index is 683. The maximum atomic E-state index is 12.3. The van der Waals surface area contributed by atoms with E-state index in [2.05, 4.69) is 10.6 Å². The summed E-state index contributed by atoms with van der Waals surface area (Å²) < 4.78 is 0. The van der Waals surface area contributed by atoms with Crippen LogP contribution in [0.25, 0.3) is 0 Å². The average molecular weight is 432 g/mol. The largest absolute Gasteiger partial charge is 0.480 e. The zero-order chi connectivity index (χ0) is 23.6. The zero-order valence-electron chi connectivity index (χ0n) is 16.6. The molecule has 0 aromatic heterocycles. The zero-order valence-corrected chi connectivity index (χ0v) is 16.6. The van der Waals surface area contributed by atoms with Crippen molar-refractivity contribution >= 4 is 35.5 Å². The van der Waals surface area contributed by atoms with Gasteiger partial charge in [-0.05, 0) is 20.3 Å². The number of aliphatic hydroxyl groups excluding tert-OH is 1. The van der Waals surface area contributed by atoms with Crippen LogP contribution in [0, 0.1) is 0 Å². The van der Waals surface area contributed by atoms with Crippen LogP contribution in [0.1, 0.15) is 33.1 Å². The smallest absolute Gasteiger partial charge is 0.326 e. The lowest BCUT2D eigenvalue weighted by atomic mass is 10.1. The van der Waals surface area contributed by atoms with Crippen molar-refractivity contribution in [2.24, 2.45) is 17.2 Å². The number of amides is 5. The molecular formula is C16H28N6O8. The molecule has 5 unspecified atom stereocenters. The molecule has 0 saturated heterocycles. The van der Waals surface area contributed by atoms with Gasteiger partial charge in [0.15, 0.2) is 0 Å². The number of carboxylic acids is 1. The van der Waals surface area contributed by atoms with Gasteiger partial charge in [-0.25, -0.2) is 4.79 Å². The van der Waals surface area contributed by atoms with Crippen molar-refractivity contribution in [1.29, 1.82) is 0 Å². The van der Waals surface area contributed by atoms with Gasteiger partial charge in [0.25, 0.3) is 0 Å². The van der Waals surface area contributed by atoms with Crippen LogP contribution in [0.2, 0.25) is 0 Å². The van der Waals surface area contributed by atoms with Crippen LogP contribution in [0.15, 0.2) is 0 Å². The van der Waals surface area contributed by atoms with E-state index < -0.39 is 72.2 Å². The van der Waals surface area contributed by atoms with Crippen molar-refractivity contribution in [1.82, 2.24) is 16.0 Å². The summed E-state index contributed by atoms with van der Waals surface area (Å²) >= 11 is 0. The number of carbonyl (C=O) groups excluding carboxylic acids is 5. The van der Waals surface area contributed by atoms with Gasteiger partial charge in [0.2, 0.25) is 29.5 Å². The van der Waals surface area contributed by atoms with E-state index in [1.165, 1.54) is 6.92 Å². The van der Waals surface area contributed by atoms with E-state index in [1.54, 1.807) is 0 Å². The molecule has 11 N–H and O–H groups in total. The van der Waals surface area contributed by atoms with Gasteiger partial charge in [-0.15, -0.1) is 0 Å². The third-order valence-electron chi connectivity index (χ3n) is 3.87. The summed E-state index contributed by atoms with van der Waals surface area (Å²) in [5.74, 6) is -5.88. The number of hydrogen-bond donors (Lipinski definition) is 8. The molecule has 0 fully saturated rings. The first-order valence-electron chi connectivity index (χ1n) is 8.90. The number of carboxylic acid groups (broad SMARTS) is 1. The maximum Gasteiger partial charge on any atom is 0.326 e. The summed E-state index contributed by atoms with van der Waals surface area (Å²) in [6, 6.07) is -5.54. The van der Waals surface area contributed by atoms with Crippen molar-refractivity contribution in [2.75, 3.05) is 0 Å². The van der Waals surface area contributed by atoms with Crippen LogP contribution >= 0.6 is 0 Å². The fraction of sp³-hybridized carbons (Fsp3) is 0.625. The first-order chi connectivity index (χ1) is 13.8. The maximum absolute atomic E-state index is 12.3. The van der Waals surface area contributed by atoms with Crippen LogP contribution in [-0.2, 0) is 28.8 Å². The molecule has 14 heteroatoms. The number of nitrogens with one attached hydrogen (secondary N) is 3. The highest BCUT2D eigenvalue weighted by atomic mass is 16.4. The Balaban J connectivity index is 4.99. The number of aliphatic carboxylic acids is 1. The average Bonchev–Trinajstić information content (AvgIpc) is 2.61. The van der Waals surface area contributed by atoms with E-state index in [0.717, 1.165) is 6.92 Å². The Morgan fingerprint density at radius 2 is 1.43 bits per heavy atom. The minimum atomic E-state index is -1.66. The molecule has 0 aliphatic rings. The lowest BCUT2D eigenvalue weighted by Gasteiger charge is -2.25. The molecule has 0 aliphatic carbocycles. The highest BCUT2D eigenvalue weighted by Crippen LogP contribution is 2.00. The Hall–Kier alpha value is -3.26. The van der Waals surface area contributed by atoms with Gasteiger partial charge in [0.1, 0.15) is 18.1 Å². The lowest BCUT2D eigenvalue weighted by molar-refractivity contribution is -0.144. The molecule has 0 rings (SSSR count). The highest BCUT2D eigenvalue weighted by Gasteiger charge is 2.32. The molecule has 0 saturated carbocycles. The van der Waals surface area contributed by atoms with Crippen LogP contribution < -0.4 is 33.2 Å². The molecule has 14 nitrogen and oxygen atoms in total. The Morgan fingerprint density at radius 1 is 0.867 bits per heavy atom. The Kier molecular flexibility index (Phi) is 11.0. The third-order valence-corrected chi connectivity index (χ3v) is 3.87. The van der Waals surface area contributed by atoms with E-state index in [1.807, 2.05) is 5.32 Å². The Labute approximate surface area is 171 Å². The molecule has 30 heavy (non-hydrogen) atoms. The predicted octanol–water partition coefficient (Wildman–Crippen LogP) is -4.61. The third kappa shape index (κ3) is 9.79. The van der Waals surface area contributed by atoms with Gasteiger partial charge in [0.05, 0.1) is 18.6 Å². The van der Waals surface area contributed by atoms with Gasteiger partial charge in [-0.2, -0.15) is 0 Å². The number of primary amides is 2. The van der Waals surface area contributed by atoms with Crippen molar-refractivity contribution in [3.8, 4) is 0 Å². The summed E-state index contributed by atoms with van der Waals surface area (Å²) in [4.78, 5) is 69.2. The monoisotopic (exact) mass is 432 g/mol. The summed E-state index contributed by atoms with van der Waals surface area (Å²) in [7, 11) is 0. The molecule has 0 aromatic rings. The molecule has 0 spiro atoms.